The van der Waals surface area contributed by atoms with E-state index in [9.17, 15) is 0 Å². The first-order chi connectivity index (χ1) is 10.2. The highest BCUT2D eigenvalue weighted by Crippen LogP contribution is 2.35. The molecule has 21 heavy (non-hydrogen) atoms. The molecule has 110 valence electrons. The molecule has 0 saturated carbocycles. The van der Waals surface area contributed by atoms with Crippen molar-refractivity contribution in [3.05, 3.63) is 41.7 Å². The van der Waals surface area contributed by atoms with Gasteiger partial charge in [0.05, 0.1) is 25.5 Å². The van der Waals surface area contributed by atoms with Gasteiger partial charge in [-0.15, -0.1) is 0 Å². The van der Waals surface area contributed by atoms with Gasteiger partial charge in [0.25, 0.3) is 0 Å². The van der Waals surface area contributed by atoms with Gasteiger partial charge in [-0.25, -0.2) is 0 Å². The number of likely N-dealkylation sites (N-methyl/N-ethyl adjacent to an activating group) is 1. The molecular weight excluding hydrogens is 262 g/mol. The first-order valence-electron chi connectivity index (χ1n) is 7.68. The lowest BCUT2D eigenvalue weighted by molar-refractivity contribution is -0.0286. The van der Waals surface area contributed by atoms with Crippen molar-refractivity contribution in [2.75, 3.05) is 26.8 Å². The van der Waals surface area contributed by atoms with E-state index in [0.717, 1.165) is 26.2 Å². The lowest BCUT2D eigenvalue weighted by atomic mass is 9.88. The molecule has 0 spiro atoms. The fourth-order valence-corrected chi connectivity index (χ4v) is 3.32. The van der Waals surface area contributed by atoms with Gasteiger partial charge in [-0.05, 0) is 37.1 Å². The summed E-state index contributed by atoms with van der Waals surface area (Å²) >= 11 is 0. The van der Waals surface area contributed by atoms with Crippen molar-refractivity contribution in [3.63, 3.8) is 0 Å². The van der Waals surface area contributed by atoms with Crippen molar-refractivity contribution in [1.82, 2.24) is 14.7 Å². The van der Waals surface area contributed by atoms with Gasteiger partial charge in [0.1, 0.15) is 0 Å². The number of ether oxygens (including phenoxy) is 1. The molecule has 1 unspecified atom stereocenters. The maximum Gasteiger partial charge on any atom is 0.0985 e. The monoisotopic (exact) mass is 283 g/mol. The minimum Gasteiger partial charge on any atom is -0.377 e. The van der Waals surface area contributed by atoms with Gasteiger partial charge in [-0.3, -0.25) is 9.58 Å². The zero-order chi connectivity index (χ0) is 14.4. The van der Waals surface area contributed by atoms with Gasteiger partial charge in [0.2, 0.25) is 0 Å². The van der Waals surface area contributed by atoms with Gasteiger partial charge in [-0.2, -0.15) is 5.10 Å². The van der Waals surface area contributed by atoms with Crippen LogP contribution in [0.2, 0.25) is 0 Å². The number of aromatic nitrogens is 2. The summed E-state index contributed by atoms with van der Waals surface area (Å²) in [4.78, 5) is 2.42. The number of benzene rings is 1. The van der Waals surface area contributed by atoms with E-state index in [1.165, 1.54) is 22.3 Å². The molecule has 0 amide bonds. The molecule has 1 aromatic carbocycles. The molecule has 1 atom stereocenters. The average molecular weight is 283 g/mol. The van der Waals surface area contributed by atoms with Crippen molar-refractivity contribution in [1.29, 1.82) is 0 Å². The van der Waals surface area contributed by atoms with Crippen LogP contribution >= 0.6 is 0 Å². The van der Waals surface area contributed by atoms with Gasteiger partial charge in [-0.1, -0.05) is 18.2 Å². The Morgan fingerprint density at radius 2 is 2.14 bits per heavy atom. The molecule has 2 aliphatic rings. The van der Waals surface area contributed by atoms with Gasteiger partial charge >= 0.3 is 0 Å². The van der Waals surface area contributed by atoms with Crippen molar-refractivity contribution in [2.45, 2.75) is 25.4 Å². The van der Waals surface area contributed by atoms with Crippen LogP contribution in [0.3, 0.4) is 0 Å². The molecule has 1 saturated heterocycles. The highest BCUT2D eigenvalue weighted by Gasteiger charge is 2.25. The van der Waals surface area contributed by atoms with Crippen molar-refractivity contribution in [2.24, 2.45) is 0 Å². The van der Waals surface area contributed by atoms with Crippen LogP contribution in [0, 0.1) is 0 Å². The molecule has 4 rings (SSSR count). The van der Waals surface area contributed by atoms with E-state index in [2.05, 4.69) is 53.0 Å². The topological polar surface area (TPSA) is 30.3 Å². The van der Waals surface area contributed by atoms with Crippen LogP contribution in [0.4, 0.5) is 0 Å². The standard InChI is InChI=1S/C17H21N3O/c1-12-15-4-3-5-16(17(15)6-7-19(12)2)13-8-18-20(9-13)14-10-21-11-14/h3-5,8-9,12,14H,6-7,10-11H2,1-2H3. The molecule has 3 heterocycles. The zero-order valence-electron chi connectivity index (χ0n) is 12.6. The first kappa shape index (κ1) is 13.0. The molecule has 0 N–H and O–H groups in total. The fourth-order valence-electron chi connectivity index (χ4n) is 3.32. The summed E-state index contributed by atoms with van der Waals surface area (Å²) in [5.74, 6) is 0. The van der Waals surface area contributed by atoms with Crippen LogP contribution in [-0.2, 0) is 11.2 Å². The summed E-state index contributed by atoms with van der Waals surface area (Å²) in [6, 6.07) is 7.58. The Labute approximate surface area is 125 Å². The third kappa shape index (κ3) is 2.10. The number of rotatable bonds is 2. The second kappa shape index (κ2) is 4.97. The third-order valence-electron chi connectivity index (χ3n) is 4.95. The first-order valence-corrected chi connectivity index (χ1v) is 7.68. The van der Waals surface area contributed by atoms with E-state index in [1.807, 2.05) is 6.20 Å². The zero-order valence-corrected chi connectivity index (χ0v) is 12.6. The number of hydrogen-bond acceptors (Lipinski definition) is 3. The molecular formula is C17H21N3O. The van der Waals surface area contributed by atoms with E-state index < -0.39 is 0 Å². The van der Waals surface area contributed by atoms with E-state index >= 15 is 0 Å². The fraction of sp³-hybridized carbons (Fsp3) is 0.471. The minimum absolute atomic E-state index is 0.420. The highest BCUT2D eigenvalue weighted by atomic mass is 16.5. The summed E-state index contributed by atoms with van der Waals surface area (Å²) < 4.78 is 7.31. The second-order valence-corrected chi connectivity index (χ2v) is 6.18. The Morgan fingerprint density at radius 3 is 2.90 bits per heavy atom. The second-order valence-electron chi connectivity index (χ2n) is 6.18. The molecule has 1 aromatic heterocycles. The van der Waals surface area contributed by atoms with Crippen LogP contribution in [0.5, 0.6) is 0 Å². The van der Waals surface area contributed by atoms with E-state index in [0.29, 0.717) is 12.1 Å². The molecule has 0 aliphatic carbocycles. The van der Waals surface area contributed by atoms with Crippen LogP contribution in [0.1, 0.15) is 30.1 Å². The molecule has 2 aliphatic heterocycles. The summed E-state index contributed by atoms with van der Waals surface area (Å²) in [6.45, 7) is 4.98. The Balaban J connectivity index is 1.73. The Morgan fingerprint density at radius 1 is 1.29 bits per heavy atom. The van der Waals surface area contributed by atoms with Crippen molar-refractivity contribution >= 4 is 0 Å². The largest absolute Gasteiger partial charge is 0.377 e. The van der Waals surface area contributed by atoms with E-state index in [-0.39, 0.29) is 0 Å². The molecule has 4 nitrogen and oxygen atoms in total. The lowest BCUT2D eigenvalue weighted by Crippen LogP contribution is -2.31. The SMILES string of the molecule is CC1c2cccc(-c3cnn(C4COC4)c3)c2CCN1C. The smallest absolute Gasteiger partial charge is 0.0985 e. The van der Waals surface area contributed by atoms with Crippen LogP contribution < -0.4 is 0 Å². The normalized spacial score (nSPS) is 22.9. The predicted molar refractivity (Wildman–Crippen MR) is 82.3 cm³/mol. The number of hydrogen-bond donors (Lipinski definition) is 0. The molecule has 0 bridgehead atoms. The Hall–Kier alpha value is -1.65. The molecule has 2 aromatic rings. The summed E-state index contributed by atoms with van der Waals surface area (Å²) in [7, 11) is 2.20. The van der Waals surface area contributed by atoms with Crippen molar-refractivity contribution in [3.8, 4) is 11.1 Å². The summed E-state index contributed by atoms with van der Waals surface area (Å²) in [6.07, 6.45) is 5.28. The number of fused-ring (bicyclic) bond motifs is 1. The third-order valence-corrected chi connectivity index (χ3v) is 4.95. The van der Waals surface area contributed by atoms with Gasteiger partial charge < -0.3 is 4.74 Å². The molecule has 1 fully saturated rings. The van der Waals surface area contributed by atoms with Gasteiger partial charge in [0, 0.05) is 24.3 Å². The number of nitrogens with zero attached hydrogens (tertiary/aromatic N) is 3. The maximum absolute atomic E-state index is 5.25. The van der Waals surface area contributed by atoms with Crippen LogP contribution in [0.15, 0.2) is 30.6 Å². The molecule has 0 radical (unpaired) electrons. The van der Waals surface area contributed by atoms with Crippen LogP contribution in [0.25, 0.3) is 11.1 Å². The van der Waals surface area contributed by atoms with Gasteiger partial charge in [0.15, 0.2) is 0 Å². The van der Waals surface area contributed by atoms with E-state index in [4.69, 9.17) is 4.74 Å². The summed E-state index contributed by atoms with van der Waals surface area (Å²) in [5.41, 5.74) is 5.53. The lowest BCUT2D eigenvalue weighted by Gasteiger charge is -2.33. The minimum atomic E-state index is 0.420. The Bertz CT molecular complexity index is 660. The highest BCUT2D eigenvalue weighted by molar-refractivity contribution is 5.68. The average Bonchev–Trinajstić information content (AvgIpc) is 2.90. The predicted octanol–water partition coefficient (Wildman–Crippen LogP) is 2.67. The van der Waals surface area contributed by atoms with Crippen molar-refractivity contribution < 1.29 is 4.74 Å². The summed E-state index contributed by atoms with van der Waals surface area (Å²) in [5, 5.41) is 4.52. The quantitative estimate of drug-likeness (QED) is 0.849. The Kier molecular flexibility index (Phi) is 3.08. The molecule has 4 heteroatoms. The van der Waals surface area contributed by atoms with E-state index in [1.54, 1.807) is 0 Å². The van der Waals surface area contributed by atoms with Crippen LogP contribution in [-0.4, -0.2) is 41.5 Å². The maximum atomic E-state index is 5.25.